The van der Waals surface area contributed by atoms with Crippen LogP contribution in [0.25, 0.3) is 0 Å². The van der Waals surface area contributed by atoms with Gasteiger partial charge in [-0.3, -0.25) is 14.5 Å². The number of hydrogen-bond acceptors (Lipinski definition) is 6. The van der Waals surface area contributed by atoms with Gasteiger partial charge in [-0.2, -0.15) is 0 Å². The molecule has 1 aliphatic rings. The average molecular weight is 326 g/mol. The predicted octanol–water partition coefficient (Wildman–Crippen LogP) is 0.408. The highest BCUT2D eigenvalue weighted by molar-refractivity contribution is 6.17. The predicted molar refractivity (Wildman–Crippen MR) is 73.2 cm³/mol. The van der Waals surface area contributed by atoms with Crippen molar-refractivity contribution >= 4 is 23.5 Å². The maximum absolute atomic E-state index is 14.2. The van der Waals surface area contributed by atoms with Crippen molar-refractivity contribution in [1.29, 1.82) is 0 Å². The fraction of sp³-hybridized carbons (Fsp3) is 0.214. The van der Waals surface area contributed by atoms with Crippen LogP contribution in [0, 0.1) is 11.6 Å². The molecule has 0 fully saturated rings. The lowest BCUT2D eigenvalue weighted by Crippen LogP contribution is -2.34. The number of carbonyl (C=O) groups excluding carboxylic acids is 3. The lowest BCUT2D eigenvalue weighted by molar-refractivity contribution is -0.137. The molecule has 9 heteroatoms. The molecule has 0 radical (unpaired) electrons. The normalized spacial score (nSPS) is 14.1. The number of rotatable bonds is 5. The molecule has 2 amide bonds. The van der Waals surface area contributed by atoms with Crippen LogP contribution in [0.15, 0.2) is 23.9 Å². The number of benzene rings is 1. The number of β-amino-alcohol motifs (C(OH)–C–C–N with tert-alkyl or cyclic N) is 1. The van der Waals surface area contributed by atoms with Gasteiger partial charge in [-0.1, -0.05) is 0 Å². The monoisotopic (exact) mass is 326 g/mol. The molecule has 122 valence electrons. The summed E-state index contributed by atoms with van der Waals surface area (Å²) in [4.78, 5) is 35.7. The van der Waals surface area contributed by atoms with E-state index >= 15 is 0 Å². The molecule has 0 bridgehead atoms. The van der Waals surface area contributed by atoms with Crippen molar-refractivity contribution in [3.05, 3.63) is 41.1 Å². The van der Waals surface area contributed by atoms with Crippen molar-refractivity contribution in [3.8, 4) is 0 Å². The molecular formula is C14H12F2N2O5. The third-order valence-corrected chi connectivity index (χ3v) is 3.08. The number of ether oxygens (including phenoxy) is 1. The average Bonchev–Trinajstić information content (AvgIpc) is 2.78. The summed E-state index contributed by atoms with van der Waals surface area (Å²) in [6.45, 7) is -0.630. The molecule has 2 N–H and O–H groups in total. The number of esters is 1. The molecule has 0 saturated heterocycles. The van der Waals surface area contributed by atoms with E-state index in [1.165, 1.54) is 0 Å². The smallest absolute Gasteiger partial charge is 0.343 e. The number of aliphatic hydroxyl groups is 1. The number of imide groups is 1. The molecule has 0 unspecified atom stereocenters. The lowest BCUT2D eigenvalue weighted by atomic mass is 10.1. The van der Waals surface area contributed by atoms with Gasteiger partial charge >= 0.3 is 5.97 Å². The Balaban J connectivity index is 2.32. The Bertz CT molecular complexity index is 717. The minimum Gasteiger partial charge on any atom is -0.465 e. The highest BCUT2D eigenvalue weighted by Gasteiger charge is 2.31. The number of halogens is 2. The maximum Gasteiger partial charge on any atom is 0.343 e. The Morgan fingerprint density at radius 1 is 1.35 bits per heavy atom. The van der Waals surface area contributed by atoms with Crippen molar-refractivity contribution in [1.82, 2.24) is 4.90 Å². The van der Waals surface area contributed by atoms with Crippen LogP contribution in [0.5, 0.6) is 0 Å². The molecular weight excluding hydrogens is 314 g/mol. The van der Waals surface area contributed by atoms with Crippen LogP contribution in [0.4, 0.5) is 14.5 Å². The van der Waals surface area contributed by atoms with E-state index in [9.17, 15) is 23.2 Å². The van der Waals surface area contributed by atoms with E-state index in [-0.39, 0.29) is 17.9 Å². The standard InChI is InChI=1S/C14H12F2N2O5/c1-23-14(22)11-7(15)2-3-8(12(11)16)17-9-6-10(20)18(4-5-19)13(9)21/h2-3,6,17,19H,4-5H2,1H3. The van der Waals surface area contributed by atoms with E-state index in [0.29, 0.717) is 0 Å². The summed E-state index contributed by atoms with van der Waals surface area (Å²) >= 11 is 0. The number of nitrogens with zero attached hydrogens (tertiary/aromatic N) is 1. The largest absolute Gasteiger partial charge is 0.465 e. The van der Waals surface area contributed by atoms with Crippen LogP contribution >= 0.6 is 0 Å². The molecule has 1 aliphatic heterocycles. The van der Waals surface area contributed by atoms with Gasteiger partial charge in [-0.15, -0.1) is 0 Å². The number of hydrogen-bond donors (Lipinski definition) is 2. The maximum atomic E-state index is 14.2. The first-order chi connectivity index (χ1) is 10.9. The van der Waals surface area contributed by atoms with Gasteiger partial charge in [0.05, 0.1) is 25.9 Å². The SMILES string of the molecule is COC(=O)c1c(F)ccc(NC2=CC(=O)N(CCO)C2=O)c1F. The second kappa shape index (κ2) is 6.53. The van der Waals surface area contributed by atoms with Crippen LogP contribution in [-0.4, -0.2) is 48.1 Å². The van der Waals surface area contributed by atoms with Gasteiger partial charge in [0.15, 0.2) is 5.82 Å². The van der Waals surface area contributed by atoms with Gasteiger partial charge in [0, 0.05) is 6.08 Å². The highest BCUT2D eigenvalue weighted by atomic mass is 19.1. The van der Waals surface area contributed by atoms with Gasteiger partial charge in [0.2, 0.25) is 0 Å². The molecule has 2 rings (SSSR count). The first-order valence-electron chi connectivity index (χ1n) is 6.42. The number of anilines is 1. The summed E-state index contributed by atoms with van der Waals surface area (Å²) in [5, 5.41) is 11.1. The molecule has 0 spiro atoms. The number of amides is 2. The van der Waals surface area contributed by atoms with Crippen LogP contribution in [0.3, 0.4) is 0 Å². The summed E-state index contributed by atoms with van der Waals surface area (Å²) in [6, 6.07) is 1.80. The zero-order chi connectivity index (χ0) is 17.1. The number of carbonyl (C=O) groups is 3. The van der Waals surface area contributed by atoms with Gasteiger partial charge in [-0.05, 0) is 12.1 Å². The molecule has 1 aromatic rings. The third kappa shape index (κ3) is 3.04. The van der Waals surface area contributed by atoms with Gasteiger partial charge in [0.25, 0.3) is 11.8 Å². The summed E-state index contributed by atoms with van der Waals surface area (Å²) < 4.78 is 32.0. The van der Waals surface area contributed by atoms with E-state index in [1.807, 2.05) is 0 Å². The van der Waals surface area contributed by atoms with Gasteiger partial charge in [0.1, 0.15) is 17.1 Å². The van der Waals surface area contributed by atoms with Crippen molar-refractivity contribution in [2.75, 3.05) is 25.6 Å². The fourth-order valence-electron chi connectivity index (χ4n) is 1.99. The Morgan fingerprint density at radius 2 is 2.04 bits per heavy atom. The summed E-state index contributed by atoms with van der Waals surface area (Å²) in [5.41, 5.74) is -1.54. The number of aliphatic hydroxyl groups excluding tert-OH is 1. The zero-order valence-electron chi connectivity index (χ0n) is 11.9. The molecule has 0 saturated carbocycles. The van der Waals surface area contributed by atoms with E-state index < -0.39 is 41.6 Å². The molecule has 23 heavy (non-hydrogen) atoms. The Kier molecular flexibility index (Phi) is 4.70. The quantitative estimate of drug-likeness (QED) is 0.601. The molecule has 1 heterocycles. The minimum atomic E-state index is -1.25. The molecule has 1 aromatic carbocycles. The second-order valence-corrected chi connectivity index (χ2v) is 4.48. The number of nitrogens with one attached hydrogen (secondary N) is 1. The van der Waals surface area contributed by atoms with E-state index in [4.69, 9.17) is 5.11 Å². The van der Waals surface area contributed by atoms with Crippen LogP contribution in [-0.2, 0) is 14.3 Å². The van der Waals surface area contributed by atoms with Gasteiger partial charge in [-0.25, -0.2) is 13.6 Å². The Labute approximate surface area is 129 Å². The summed E-state index contributed by atoms with van der Waals surface area (Å²) in [6.07, 6.45) is 0.915. The lowest BCUT2D eigenvalue weighted by Gasteiger charge is -2.14. The van der Waals surface area contributed by atoms with Crippen LogP contribution < -0.4 is 5.32 Å². The van der Waals surface area contributed by atoms with E-state index in [0.717, 1.165) is 30.2 Å². The third-order valence-electron chi connectivity index (χ3n) is 3.08. The zero-order valence-corrected chi connectivity index (χ0v) is 11.9. The first-order valence-corrected chi connectivity index (χ1v) is 6.42. The summed E-state index contributed by atoms with van der Waals surface area (Å²) in [5.74, 6) is -5.04. The minimum absolute atomic E-state index is 0.210. The van der Waals surface area contributed by atoms with Gasteiger partial charge < -0.3 is 15.2 Å². The molecule has 7 nitrogen and oxygen atoms in total. The molecule has 0 aliphatic carbocycles. The van der Waals surface area contributed by atoms with Crippen LogP contribution in [0.2, 0.25) is 0 Å². The first kappa shape index (κ1) is 16.6. The number of methoxy groups -OCH3 is 1. The Morgan fingerprint density at radius 3 is 2.65 bits per heavy atom. The topological polar surface area (TPSA) is 95.9 Å². The highest BCUT2D eigenvalue weighted by Crippen LogP contribution is 2.24. The van der Waals surface area contributed by atoms with Crippen molar-refractivity contribution < 1.29 is 33.0 Å². The summed E-state index contributed by atoms with van der Waals surface area (Å²) in [7, 11) is 0.968. The van der Waals surface area contributed by atoms with Crippen LogP contribution in [0.1, 0.15) is 10.4 Å². The van der Waals surface area contributed by atoms with E-state index in [2.05, 4.69) is 10.1 Å². The molecule has 0 atom stereocenters. The fourth-order valence-corrected chi connectivity index (χ4v) is 1.99. The Hall–Kier alpha value is -2.81. The van der Waals surface area contributed by atoms with E-state index in [1.54, 1.807) is 0 Å². The van der Waals surface area contributed by atoms with Crippen molar-refractivity contribution in [2.24, 2.45) is 0 Å². The molecule has 0 aromatic heterocycles. The second-order valence-electron chi connectivity index (χ2n) is 4.48. The van der Waals surface area contributed by atoms with Crippen molar-refractivity contribution in [2.45, 2.75) is 0 Å². The van der Waals surface area contributed by atoms with Crippen molar-refractivity contribution in [3.63, 3.8) is 0 Å².